The van der Waals surface area contributed by atoms with Crippen molar-refractivity contribution < 1.29 is 4.79 Å². The fraction of sp³-hybridized carbons (Fsp3) is 0.733. The number of carbonyl (C=O) groups excluding carboxylic acids is 1. The van der Waals surface area contributed by atoms with E-state index in [1.165, 1.54) is 25.9 Å². The summed E-state index contributed by atoms with van der Waals surface area (Å²) in [7, 11) is 0. The van der Waals surface area contributed by atoms with E-state index < -0.39 is 0 Å². The Bertz CT molecular complexity index is 494. The second kappa shape index (κ2) is 9.79. The van der Waals surface area contributed by atoms with Gasteiger partial charge in [0.05, 0.1) is 5.01 Å². The molecule has 1 aromatic heterocycles. The van der Waals surface area contributed by atoms with Crippen LogP contribution in [0.25, 0.3) is 0 Å². The fourth-order valence-corrected chi connectivity index (χ4v) is 4.14. The smallest absolute Gasteiger partial charge is 0.273 e. The summed E-state index contributed by atoms with van der Waals surface area (Å²) >= 11 is 1.55. The topological polar surface area (TPSA) is 62.5 Å². The van der Waals surface area contributed by atoms with Crippen LogP contribution in [-0.4, -0.2) is 59.5 Å². The van der Waals surface area contributed by atoms with Crippen LogP contribution in [0.15, 0.2) is 5.38 Å². The molecule has 2 aliphatic heterocycles. The third-order valence-corrected chi connectivity index (χ3v) is 5.34. The summed E-state index contributed by atoms with van der Waals surface area (Å²) in [6, 6.07) is 0.371. The third kappa shape index (κ3) is 5.03. The van der Waals surface area contributed by atoms with E-state index in [2.05, 4.69) is 9.88 Å². The Morgan fingerprint density at radius 3 is 2.70 bits per heavy atom. The maximum absolute atomic E-state index is 12.7. The minimum atomic E-state index is 0. The quantitative estimate of drug-likeness (QED) is 0.849. The van der Waals surface area contributed by atoms with Gasteiger partial charge in [0, 0.05) is 30.9 Å². The Morgan fingerprint density at radius 2 is 2.00 bits per heavy atom. The molecule has 0 aromatic carbocycles. The molecule has 1 unspecified atom stereocenters. The molecule has 0 aliphatic carbocycles. The van der Waals surface area contributed by atoms with Crippen LogP contribution in [0.4, 0.5) is 0 Å². The highest BCUT2D eigenvalue weighted by Gasteiger charge is 2.32. The normalized spacial score (nSPS) is 21.1. The lowest BCUT2D eigenvalue weighted by atomic mass is 10.2. The summed E-state index contributed by atoms with van der Waals surface area (Å²) in [6.45, 7) is 4.88. The van der Waals surface area contributed by atoms with Crippen molar-refractivity contribution in [2.45, 2.75) is 38.1 Å². The number of likely N-dealkylation sites (tertiary alicyclic amines) is 2. The van der Waals surface area contributed by atoms with Crippen molar-refractivity contribution >= 4 is 42.1 Å². The predicted octanol–water partition coefficient (Wildman–Crippen LogP) is 2.19. The first-order valence-corrected chi connectivity index (χ1v) is 8.83. The van der Waals surface area contributed by atoms with Crippen LogP contribution in [0.3, 0.4) is 0 Å². The predicted molar refractivity (Wildman–Crippen MR) is 99.1 cm³/mol. The SMILES string of the molecule is Cl.Cl.NCCc1nc(C(=O)N2CCCC2CN2CCCC2)cs1. The molecule has 3 rings (SSSR count). The van der Waals surface area contributed by atoms with Gasteiger partial charge in [0.1, 0.15) is 5.69 Å². The van der Waals surface area contributed by atoms with E-state index in [-0.39, 0.29) is 30.7 Å². The highest BCUT2D eigenvalue weighted by atomic mass is 35.5. The minimum Gasteiger partial charge on any atom is -0.333 e. The number of carbonyl (C=O) groups is 1. The van der Waals surface area contributed by atoms with Gasteiger partial charge in [0.25, 0.3) is 5.91 Å². The summed E-state index contributed by atoms with van der Waals surface area (Å²) in [5.74, 6) is 0.108. The highest BCUT2D eigenvalue weighted by molar-refractivity contribution is 7.09. The van der Waals surface area contributed by atoms with Crippen LogP contribution in [-0.2, 0) is 6.42 Å². The van der Waals surface area contributed by atoms with Gasteiger partial charge in [-0.25, -0.2) is 4.98 Å². The maximum atomic E-state index is 12.7. The fourth-order valence-electron chi connectivity index (χ4n) is 3.35. The number of aromatic nitrogens is 1. The Hall–Kier alpha value is -0.400. The Labute approximate surface area is 154 Å². The monoisotopic (exact) mass is 380 g/mol. The average Bonchev–Trinajstić information content (AvgIpc) is 3.20. The highest BCUT2D eigenvalue weighted by Crippen LogP contribution is 2.23. The molecule has 2 fully saturated rings. The molecule has 5 nitrogen and oxygen atoms in total. The number of nitrogens with zero attached hydrogens (tertiary/aromatic N) is 3. The molecule has 132 valence electrons. The number of amides is 1. The zero-order chi connectivity index (χ0) is 14.7. The molecule has 0 bridgehead atoms. The van der Waals surface area contributed by atoms with E-state index in [9.17, 15) is 4.79 Å². The summed E-state index contributed by atoms with van der Waals surface area (Å²) in [4.78, 5) is 21.7. The van der Waals surface area contributed by atoms with Gasteiger partial charge in [-0.3, -0.25) is 4.79 Å². The number of hydrogen-bond acceptors (Lipinski definition) is 5. The van der Waals surface area contributed by atoms with Gasteiger partial charge < -0.3 is 15.5 Å². The lowest BCUT2D eigenvalue weighted by Gasteiger charge is -2.28. The molecule has 0 saturated carbocycles. The van der Waals surface area contributed by atoms with Crippen molar-refractivity contribution in [2.24, 2.45) is 5.73 Å². The Morgan fingerprint density at radius 1 is 1.26 bits per heavy atom. The van der Waals surface area contributed by atoms with E-state index in [0.29, 0.717) is 18.3 Å². The molecular weight excluding hydrogens is 355 g/mol. The first-order chi connectivity index (χ1) is 10.3. The molecule has 2 saturated heterocycles. The molecule has 2 aliphatic rings. The number of thiazole rings is 1. The molecule has 23 heavy (non-hydrogen) atoms. The van der Waals surface area contributed by atoms with Crippen molar-refractivity contribution in [3.8, 4) is 0 Å². The first-order valence-electron chi connectivity index (χ1n) is 7.95. The summed E-state index contributed by atoms with van der Waals surface area (Å²) in [6.07, 6.45) is 5.60. The van der Waals surface area contributed by atoms with Gasteiger partial charge in [-0.2, -0.15) is 0 Å². The van der Waals surface area contributed by atoms with Crippen LogP contribution in [0.5, 0.6) is 0 Å². The van der Waals surface area contributed by atoms with E-state index in [1.54, 1.807) is 11.3 Å². The van der Waals surface area contributed by atoms with Gasteiger partial charge in [0.15, 0.2) is 0 Å². The minimum absolute atomic E-state index is 0. The van der Waals surface area contributed by atoms with Gasteiger partial charge >= 0.3 is 0 Å². The first kappa shape index (κ1) is 20.6. The van der Waals surface area contributed by atoms with E-state index in [0.717, 1.165) is 37.4 Å². The molecule has 8 heteroatoms. The largest absolute Gasteiger partial charge is 0.333 e. The molecule has 0 spiro atoms. The van der Waals surface area contributed by atoms with Gasteiger partial charge in [-0.15, -0.1) is 36.2 Å². The van der Waals surface area contributed by atoms with Crippen LogP contribution in [0, 0.1) is 0 Å². The molecule has 1 amide bonds. The van der Waals surface area contributed by atoms with Crippen molar-refractivity contribution in [3.63, 3.8) is 0 Å². The number of hydrogen-bond donors (Lipinski definition) is 1. The zero-order valence-corrected chi connectivity index (χ0v) is 15.7. The summed E-state index contributed by atoms with van der Waals surface area (Å²) in [5.41, 5.74) is 6.16. The van der Waals surface area contributed by atoms with Crippen molar-refractivity contribution in [1.29, 1.82) is 0 Å². The molecule has 1 atom stereocenters. The van der Waals surface area contributed by atoms with Crippen LogP contribution < -0.4 is 5.73 Å². The molecule has 2 N–H and O–H groups in total. The number of nitrogens with two attached hydrogens (primary N) is 1. The molecule has 0 radical (unpaired) electrons. The van der Waals surface area contributed by atoms with Crippen LogP contribution in [0.1, 0.15) is 41.2 Å². The lowest BCUT2D eigenvalue weighted by molar-refractivity contribution is 0.0703. The van der Waals surface area contributed by atoms with E-state index >= 15 is 0 Å². The third-order valence-electron chi connectivity index (χ3n) is 4.43. The summed E-state index contributed by atoms with van der Waals surface area (Å²) < 4.78 is 0. The van der Waals surface area contributed by atoms with Crippen molar-refractivity contribution in [3.05, 3.63) is 16.1 Å². The van der Waals surface area contributed by atoms with Gasteiger partial charge in [-0.05, 0) is 45.3 Å². The second-order valence-corrected chi connectivity index (χ2v) is 6.91. The van der Waals surface area contributed by atoms with Gasteiger partial charge in [-0.1, -0.05) is 0 Å². The molecule has 3 heterocycles. The van der Waals surface area contributed by atoms with Crippen LogP contribution >= 0.6 is 36.2 Å². The Kier molecular flexibility index (Phi) is 8.79. The lowest BCUT2D eigenvalue weighted by Crippen LogP contribution is -2.42. The Balaban J connectivity index is 0.00000132. The van der Waals surface area contributed by atoms with E-state index in [1.807, 2.05) is 10.3 Å². The molecule has 1 aromatic rings. The maximum Gasteiger partial charge on any atom is 0.273 e. The standard InChI is InChI=1S/C15H24N4OS.2ClH/c16-6-5-14-17-13(11-21-14)15(20)19-9-3-4-12(19)10-18-7-1-2-8-18;;/h11-12H,1-10,16H2;2*1H. The van der Waals surface area contributed by atoms with Crippen molar-refractivity contribution in [1.82, 2.24) is 14.8 Å². The van der Waals surface area contributed by atoms with E-state index in [4.69, 9.17) is 5.73 Å². The number of rotatable bonds is 5. The number of halogens is 2. The average molecular weight is 381 g/mol. The molecular formula is C15H26Cl2N4OS. The van der Waals surface area contributed by atoms with Crippen molar-refractivity contribution in [2.75, 3.05) is 32.7 Å². The second-order valence-electron chi connectivity index (χ2n) is 5.97. The van der Waals surface area contributed by atoms with Crippen LogP contribution in [0.2, 0.25) is 0 Å². The zero-order valence-electron chi connectivity index (χ0n) is 13.3. The summed E-state index contributed by atoms with van der Waals surface area (Å²) in [5, 5.41) is 2.86. The van der Waals surface area contributed by atoms with Gasteiger partial charge in [0.2, 0.25) is 0 Å².